The average molecular weight is 239 g/mol. The van der Waals surface area contributed by atoms with Crippen LogP contribution in [0.3, 0.4) is 0 Å². The molecule has 1 saturated heterocycles. The van der Waals surface area contributed by atoms with Crippen LogP contribution in [0, 0.1) is 0 Å². The summed E-state index contributed by atoms with van der Waals surface area (Å²) in [5.41, 5.74) is -0.449. The third-order valence-electron chi connectivity index (χ3n) is 3.41. The molecule has 1 aliphatic heterocycles. The highest BCUT2D eigenvalue weighted by atomic mass is 32.1. The van der Waals surface area contributed by atoms with Crippen molar-refractivity contribution in [1.82, 2.24) is 4.90 Å². The maximum atomic E-state index is 10.5. The molecule has 0 aliphatic carbocycles. The molecule has 2 nitrogen and oxygen atoms in total. The van der Waals surface area contributed by atoms with Gasteiger partial charge in [-0.1, -0.05) is 13.0 Å². The summed E-state index contributed by atoms with van der Waals surface area (Å²) < 4.78 is 0. The van der Waals surface area contributed by atoms with Gasteiger partial charge in [0.2, 0.25) is 0 Å². The Labute approximate surface area is 102 Å². The first-order valence-corrected chi connectivity index (χ1v) is 7.07. The molecule has 1 N–H and O–H groups in total. The first-order chi connectivity index (χ1) is 7.72. The molecule has 1 aromatic rings. The SMILES string of the molecule is CCCN1CCC(O)(Cc2cccs2)CC1. The molecule has 2 heterocycles. The van der Waals surface area contributed by atoms with Crippen molar-refractivity contribution in [3.05, 3.63) is 22.4 Å². The topological polar surface area (TPSA) is 23.5 Å². The maximum absolute atomic E-state index is 10.5. The van der Waals surface area contributed by atoms with E-state index in [1.165, 1.54) is 17.8 Å². The van der Waals surface area contributed by atoms with Crippen LogP contribution in [-0.2, 0) is 6.42 Å². The van der Waals surface area contributed by atoms with Gasteiger partial charge in [-0.3, -0.25) is 0 Å². The lowest BCUT2D eigenvalue weighted by Gasteiger charge is -2.38. The van der Waals surface area contributed by atoms with Crippen LogP contribution in [0.2, 0.25) is 0 Å². The van der Waals surface area contributed by atoms with Gasteiger partial charge in [0, 0.05) is 24.4 Å². The number of hydrogen-bond acceptors (Lipinski definition) is 3. The van der Waals surface area contributed by atoms with Gasteiger partial charge in [0.15, 0.2) is 0 Å². The average Bonchev–Trinajstić information content (AvgIpc) is 2.74. The van der Waals surface area contributed by atoms with E-state index in [0.29, 0.717) is 0 Å². The number of hydrogen-bond donors (Lipinski definition) is 1. The second kappa shape index (κ2) is 5.30. The lowest BCUT2D eigenvalue weighted by molar-refractivity contribution is -0.0199. The van der Waals surface area contributed by atoms with Crippen LogP contribution >= 0.6 is 11.3 Å². The molecule has 1 aliphatic rings. The Kier molecular flexibility index (Phi) is 4.00. The zero-order valence-corrected chi connectivity index (χ0v) is 10.8. The van der Waals surface area contributed by atoms with Crippen LogP contribution in [0.25, 0.3) is 0 Å². The molecule has 3 heteroatoms. The van der Waals surface area contributed by atoms with Crippen LogP contribution in [-0.4, -0.2) is 35.2 Å². The summed E-state index contributed by atoms with van der Waals surface area (Å²) in [6.45, 7) is 5.49. The molecule has 0 atom stereocenters. The van der Waals surface area contributed by atoms with E-state index >= 15 is 0 Å². The monoisotopic (exact) mass is 239 g/mol. The molecular weight excluding hydrogens is 218 g/mol. The van der Waals surface area contributed by atoms with Gasteiger partial charge in [0.25, 0.3) is 0 Å². The van der Waals surface area contributed by atoms with Crippen LogP contribution in [0.1, 0.15) is 31.1 Å². The highest BCUT2D eigenvalue weighted by Gasteiger charge is 2.32. The smallest absolute Gasteiger partial charge is 0.0720 e. The maximum Gasteiger partial charge on any atom is 0.0720 e. The molecule has 0 bridgehead atoms. The molecule has 0 unspecified atom stereocenters. The third-order valence-corrected chi connectivity index (χ3v) is 4.29. The molecule has 2 rings (SSSR count). The van der Waals surface area contributed by atoms with Gasteiger partial charge in [-0.2, -0.15) is 0 Å². The Morgan fingerprint density at radius 3 is 2.75 bits per heavy atom. The molecule has 0 saturated carbocycles. The highest BCUT2D eigenvalue weighted by molar-refractivity contribution is 7.09. The fourth-order valence-corrected chi connectivity index (χ4v) is 3.26. The molecule has 1 aromatic heterocycles. The molecule has 1 fully saturated rings. The number of aliphatic hydroxyl groups is 1. The summed E-state index contributed by atoms with van der Waals surface area (Å²) in [7, 11) is 0. The van der Waals surface area contributed by atoms with E-state index in [0.717, 1.165) is 32.4 Å². The van der Waals surface area contributed by atoms with E-state index < -0.39 is 5.60 Å². The van der Waals surface area contributed by atoms with Crippen molar-refractivity contribution in [2.75, 3.05) is 19.6 Å². The largest absolute Gasteiger partial charge is 0.389 e. The molecule has 16 heavy (non-hydrogen) atoms. The number of rotatable bonds is 4. The second-order valence-electron chi connectivity index (χ2n) is 4.82. The van der Waals surface area contributed by atoms with Crippen molar-refractivity contribution in [2.45, 2.75) is 38.2 Å². The number of likely N-dealkylation sites (tertiary alicyclic amines) is 1. The molecule has 90 valence electrons. The van der Waals surface area contributed by atoms with Gasteiger partial charge >= 0.3 is 0 Å². The Balaban J connectivity index is 1.86. The van der Waals surface area contributed by atoms with E-state index in [1.54, 1.807) is 11.3 Å². The minimum Gasteiger partial charge on any atom is -0.389 e. The van der Waals surface area contributed by atoms with Gasteiger partial charge in [0.1, 0.15) is 0 Å². The Hall–Kier alpha value is -0.380. The lowest BCUT2D eigenvalue weighted by atomic mass is 9.87. The summed E-state index contributed by atoms with van der Waals surface area (Å²) in [4.78, 5) is 3.77. The van der Waals surface area contributed by atoms with Crippen molar-refractivity contribution >= 4 is 11.3 Å². The van der Waals surface area contributed by atoms with Crippen LogP contribution in [0.15, 0.2) is 17.5 Å². The van der Waals surface area contributed by atoms with Gasteiger partial charge in [-0.05, 0) is 37.3 Å². The summed E-state index contributed by atoms with van der Waals surface area (Å²) in [6, 6.07) is 4.19. The quantitative estimate of drug-likeness (QED) is 0.873. The predicted molar refractivity (Wildman–Crippen MR) is 68.9 cm³/mol. The zero-order chi connectivity index (χ0) is 11.4. The zero-order valence-electron chi connectivity index (χ0n) is 9.98. The molecule has 0 amide bonds. The van der Waals surface area contributed by atoms with Crippen molar-refractivity contribution in [3.8, 4) is 0 Å². The van der Waals surface area contributed by atoms with Crippen LogP contribution in [0.5, 0.6) is 0 Å². The van der Waals surface area contributed by atoms with Gasteiger partial charge < -0.3 is 10.0 Å². The number of nitrogens with zero attached hydrogens (tertiary/aromatic N) is 1. The fraction of sp³-hybridized carbons (Fsp3) is 0.692. The first-order valence-electron chi connectivity index (χ1n) is 6.19. The van der Waals surface area contributed by atoms with Crippen LogP contribution in [0.4, 0.5) is 0 Å². The standard InChI is InChI=1S/C13H21NOS/c1-2-7-14-8-5-13(15,6-9-14)11-12-4-3-10-16-12/h3-4,10,15H,2,5-9,11H2,1H3. The van der Waals surface area contributed by atoms with E-state index in [9.17, 15) is 5.11 Å². The Bertz CT molecular complexity index is 302. The number of thiophene rings is 1. The minimum absolute atomic E-state index is 0.449. The third kappa shape index (κ3) is 3.06. The lowest BCUT2D eigenvalue weighted by Crippen LogP contribution is -2.45. The first kappa shape index (κ1) is 12.1. The second-order valence-corrected chi connectivity index (χ2v) is 5.85. The van der Waals surface area contributed by atoms with Gasteiger partial charge in [0.05, 0.1) is 5.60 Å². The predicted octanol–water partition coefficient (Wildman–Crippen LogP) is 2.53. The molecule has 0 spiro atoms. The number of piperidine rings is 1. The van der Waals surface area contributed by atoms with Gasteiger partial charge in [-0.25, -0.2) is 0 Å². The fourth-order valence-electron chi connectivity index (χ4n) is 2.42. The molecule has 0 radical (unpaired) electrons. The summed E-state index contributed by atoms with van der Waals surface area (Å²) in [5.74, 6) is 0. The van der Waals surface area contributed by atoms with Crippen molar-refractivity contribution in [3.63, 3.8) is 0 Å². The Morgan fingerprint density at radius 2 is 2.19 bits per heavy atom. The van der Waals surface area contributed by atoms with Crippen molar-refractivity contribution < 1.29 is 5.11 Å². The molecular formula is C13H21NOS. The van der Waals surface area contributed by atoms with E-state index in [-0.39, 0.29) is 0 Å². The summed E-state index contributed by atoms with van der Waals surface area (Å²) >= 11 is 1.75. The van der Waals surface area contributed by atoms with Crippen molar-refractivity contribution in [2.24, 2.45) is 0 Å². The van der Waals surface area contributed by atoms with Crippen molar-refractivity contribution in [1.29, 1.82) is 0 Å². The summed E-state index contributed by atoms with van der Waals surface area (Å²) in [5, 5.41) is 12.6. The highest BCUT2D eigenvalue weighted by Crippen LogP contribution is 2.27. The van der Waals surface area contributed by atoms with Crippen LogP contribution < -0.4 is 0 Å². The van der Waals surface area contributed by atoms with Gasteiger partial charge in [-0.15, -0.1) is 11.3 Å². The Morgan fingerprint density at radius 1 is 1.44 bits per heavy atom. The summed E-state index contributed by atoms with van der Waals surface area (Å²) in [6.07, 6.45) is 3.89. The minimum atomic E-state index is -0.449. The molecule has 0 aromatic carbocycles. The van der Waals surface area contributed by atoms with E-state index in [1.807, 2.05) is 0 Å². The van der Waals surface area contributed by atoms with E-state index in [4.69, 9.17) is 0 Å². The normalized spacial score (nSPS) is 21.1. The van der Waals surface area contributed by atoms with E-state index in [2.05, 4.69) is 29.3 Å².